The standard InChI is InChI=1S/C15H20N2O4/c1-10-8-11(14(18)19)5-6-13(10)16-15(20)17(2)9-12-4-3-7-21-12/h5-6,8,12H,3-4,7,9H2,1-2H3,(H,16,20)(H,18,19). The normalized spacial score (nSPS) is 17.5. The molecular weight excluding hydrogens is 272 g/mol. The predicted molar refractivity (Wildman–Crippen MR) is 78.8 cm³/mol. The van der Waals surface area contributed by atoms with Crippen molar-refractivity contribution in [3.8, 4) is 0 Å². The number of carbonyl (C=O) groups is 2. The Hall–Kier alpha value is -2.08. The van der Waals surface area contributed by atoms with Crippen LogP contribution in [0.4, 0.5) is 10.5 Å². The van der Waals surface area contributed by atoms with Crippen LogP contribution in [0, 0.1) is 6.92 Å². The second kappa shape index (κ2) is 6.58. The summed E-state index contributed by atoms with van der Waals surface area (Å²) >= 11 is 0. The molecule has 0 aliphatic carbocycles. The number of anilines is 1. The average Bonchev–Trinajstić information content (AvgIpc) is 2.93. The van der Waals surface area contributed by atoms with E-state index in [1.54, 1.807) is 24.9 Å². The van der Waals surface area contributed by atoms with Crippen LogP contribution in [0.2, 0.25) is 0 Å². The van der Waals surface area contributed by atoms with Gasteiger partial charge in [0.2, 0.25) is 0 Å². The third kappa shape index (κ3) is 3.95. The van der Waals surface area contributed by atoms with Crippen LogP contribution < -0.4 is 5.32 Å². The molecule has 1 atom stereocenters. The summed E-state index contributed by atoms with van der Waals surface area (Å²) in [6.45, 7) is 3.08. The van der Waals surface area contributed by atoms with Crippen molar-refractivity contribution in [1.29, 1.82) is 0 Å². The molecule has 6 heteroatoms. The minimum atomic E-state index is -0.980. The third-order valence-electron chi connectivity index (χ3n) is 3.56. The SMILES string of the molecule is Cc1cc(C(=O)O)ccc1NC(=O)N(C)CC1CCCO1. The van der Waals surface area contributed by atoms with E-state index in [4.69, 9.17) is 9.84 Å². The molecule has 0 bridgehead atoms. The van der Waals surface area contributed by atoms with Crippen molar-refractivity contribution >= 4 is 17.7 Å². The van der Waals surface area contributed by atoms with Crippen molar-refractivity contribution in [1.82, 2.24) is 4.90 Å². The monoisotopic (exact) mass is 292 g/mol. The molecule has 0 radical (unpaired) electrons. The number of hydrogen-bond donors (Lipinski definition) is 2. The third-order valence-corrected chi connectivity index (χ3v) is 3.56. The lowest BCUT2D eigenvalue weighted by atomic mass is 10.1. The van der Waals surface area contributed by atoms with Gasteiger partial charge in [-0.1, -0.05) is 0 Å². The number of carboxylic acid groups (broad SMARTS) is 1. The first-order valence-electron chi connectivity index (χ1n) is 6.95. The number of benzene rings is 1. The number of nitrogens with one attached hydrogen (secondary N) is 1. The van der Waals surface area contributed by atoms with Crippen LogP contribution in [-0.4, -0.2) is 48.3 Å². The zero-order valence-electron chi connectivity index (χ0n) is 12.3. The van der Waals surface area contributed by atoms with Crippen LogP contribution in [0.25, 0.3) is 0 Å². The van der Waals surface area contributed by atoms with Crippen molar-refractivity contribution in [3.05, 3.63) is 29.3 Å². The maximum Gasteiger partial charge on any atom is 0.335 e. The quantitative estimate of drug-likeness (QED) is 0.892. The maximum atomic E-state index is 12.1. The average molecular weight is 292 g/mol. The van der Waals surface area contributed by atoms with E-state index in [0.717, 1.165) is 19.4 Å². The lowest BCUT2D eigenvalue weighted by Crippen LogP contribution is -2.37. The first-order valence-corrected chi connectivity index (χ1v) is 6.95. The Kier molecular flexibility index (Phi) is 4.80. The summed E-state index contributed by atoms with van der Waals surface area (Å²) < 4.78 is 5.50. The van der Waals surface area contributed by atoms with Crippen molar-refractivity contribution in [3.63, 3.8) is 0 Å². The summed E-state index contributed by atoms with van der Waals surface area (Å²) in [6.07, 6.45) is 2.12. The lowest BCUT2D eigenvalue weighted by molar-refractivity contribution is 0.0696. The topological polar surface area (TPSA) is 78.9 Å². The number of aromatic carboxylic acids is 1. The number of aryl methyl sites for hydroxylation is 1. The van der Waals surface area contributed by atoms with Crippen molar-refractivity contribution in [2.75, 3.05) is 25.5 Å². The molecule has 1 aliphatic heterocycles. The highest BCUT2D eigenvalue weighted by molar-refractivity contribution is 5.92. The molecule has 1 unspecified atom stereocenters. The maximum absolute atomic E-state index is 12.1. The Morgan fingerprint density at radius 1 is 1.48 bits per heavy atom. The van der Waals surface area contributed by atoms with Gasteiger partial charge in [0.05, 0.1) is 11.7 Å². The number of rotatable bonds is 4. The summed E-state index contributed by atoms with van der Waals surface area (Å²) in [6, 6.07) is 4.40. The number of ether oxygens (including phenoxy) is 1. The molecule has 1 heterocycles. The molecule has 2 rings (SSSR count). The molecule has 1 aliphatic rings. The van der Waals surface area contributed by atoms with Gasteiger partial charge in [0.1, 0.15) is 0 Å². The molecule has 0 spiro atoms. The summed E-state index contributed by atoms with van der Waals surface area (Å²) in [5, 5.41) is 11.7. The van der Waals surface area contributed by atoms with E-state index in [9.17, 15) is 9.59 Å². The van der Waals surface area contributed by atoms with E-state index in [1.807, 2.05) is 0 Å². The smallest absolute Gasteiger partial charge is 0.335 e. The molecule has 0 aromatic heterocycles. The van der Waals surface area contributed by atoms with Crippen molar-refractivity contribution < 1.29 is 19.4 Å². The van der Waals surface area contributed by atoms with Crippen LogP contribution in [-0.2, 0) is 4.74 Å². The fraction of sp³-hybridized carbons (Fsp3) is 0.467. The number of likely N-dealkylation sites (N-methyl/N-ethyl adjacent to an activating group) is 1. The Morgan fingerprint density at radius 2 is 2.24 bits per heavy atom. The van der Waals surface area contributed by atoms with Gasteiger partial charge in [-0.05, 0) is 43.5 Å². The number of nitrogens with zero attached hydrogens (tertiary/aromatic N) is 1. The largest absolute Gasteiger partial charge is 0.478 e. The number of amides is 2. The molecule has 6 nitrogen and oxygen atoms in total. The summed E-state index contributed by atoms with van der Waals surface area (Å²) in [4.78, 5) is 24.6. The first kappa shape index (κ1) is 15.3. The van der Waals surface area contributed by atoms with E-state index < -0.39 is 5.97 Å². The van der Waals surface area contributed by atoms with E-state index in [2.05, 4.69) is 5.32 Å². The van der Waals surface area contributed by atoms with E-state index in [-0.39, 0.29) is 17.7 Å². The van der Waals surface area contributed by atoms with Gasteiger partial charge in [-0.3, -0.25) is 0 Å². The lowest BCUT2D eigenvalue weighted by Gasteiger charge is -2.21. The second-order valence-electron chi connectivity index (χ2n) is 5.28. The van der Waals surface area contributed by atoms with Crippen LogP contribution in [0.5, 0.6) is 0 Å². The van der Waals surface area contributed by atoms with Crippen LogP contribution in [0.3, 0.4) is 0 Å². The van der Waals surface area contributed by atoms with E-state index in [0.29, 0.717) is 17.8 Å². The summed E-state index contributed by atoms with van der Waals surface area (Å²) in [7, 11) is 1.72. The van der Waals surface area contributed by atoms with E-state index >= 15 is 0 Å². The molecule has 0 saturated carbocycles. The summed E-state index contributed by atoms with van der Waals surface area (Å²) in [5.74, 6) is -0.980. The molecule has 114 valence electrons. The molecule has 1 fully saturated rings. The number of hydrogen-bond acceptors (Lipinski definition) is 3. The van der Waals surface area contributed by atoms with Gasteiger partial charge in [0.25, 0.3) is 0 Å². The predicted octanol–water partition coefficient (Wildman–Crippen LogP) is 2.34. The Morgan fingerprint density at radius 3 is 2.81 bits per heavy atom. The van der Waals surface area contributed by atoms with Gasteiger partial charge in [0.15, 0.2) is 0 Å². The molecule has 21 heavy (non-hydrogen) atoms. The van der Waals surface area contributed by atoms with Crippen LogP contribution in [0.1, 0.15) is 28.8 Å². The number of carbonyl (C=O) groups excluding carboxylic acids is 1. The van der Waals surface area contributed by atoms with Crippen molar-refractivity contribution in [2.24, 2.45) is 0 Å². The number of carboxylic acids is 1. The minimum Gasteiger partial charge on any atom is -0.478 e. The molecule has 1 aromatic rings. The van der Waals surface area contributed by atoms with Crippen LogP contribution >= 0.6 is 0 Å². The Bertz CT molecular complexity index is 538. The minimum absolute atomic E-state index is 0.108. The highest BCUT2D eigenvalue weighted by Crippen LogP contribution is 2.18. The number of urea groups is 1. The zero-order valence-corrected chi connectivity index (χ0v) is 12.3. The van der Waals surface area contributed by atoms with Gasteiger partial charge in [0, 0.05) is 25.9 Å². The highest BCUT2D eigenvalue weighted by Gasteiger charge is 2.20. The van der Waals surface area contributed by atoms with Gasteiger partial charge in [-0.15, -0.1) is 0 Å². The highest BCUT2D eigenvalue weighted by atomic mass is 16.5. The first-order chi connectivity index (χ1) is 9.97. The van der Waals surface area contributed by atoms with E-state index in [1.165, 1.54) is 12.1 Å². The molecule has 2 N–H and O–H groups in total. The van der Waals surface area contributed by atoms with Gasteiger partial charge in [-0.2, -0.15) is 0 Å². The fourth-order valence-corrected chi connectivity index (χ4v) is 2.32. The summed E-state index contributed by atoms with van der Waals surface area (Å²) in [5.41, 5.74) is 1.54. The fourth-order valence-electron chi connectivity index (χ4n) is 2.32. The molecule has 2 amide bonds. The Labute approximate surface area is 123 Å². The van der Waals surface area contributed by atoms with Gasteiger partial charge < -0.3 is 20.1 Å². The second-order valence-corrected chi connectivity index (χ2v) is 5.28. The molecular formula is C15H20N2O4. The zero-order chi connectivity index (χ0) is 15.4. The Balaban J connectivity index is 1.96. The van der Waals surface area contributed by atoms with Gasteiger partial charge >= 0.3 is 12.0 Å². The van der Waals surface area contributed by atoms with Crippen molar-refractivity contribution in [2.45, 2.75) is 25.9 Å². The van der Waals surface area contributed by atoms with Gasteiger partial charge in [-0.25, -0.2) is 9.59 Å². The van der Waals surface area contributed by atoms with Crippen LogP contribution in [0.15, 0.2) is 18.2 Å². The molecule has 1 saturated heterocycles. The molecule has 1 aromatic carbocycles.